The molecule has 0 N–H and O–H groups in total. The van der Waals surface area contributed by atoms with Crippen LogP contribution in [0.25, 0.3) is 10.2 Å². The van der Waals surface area contributed by atoms with Gasteiger partial charge in [0.25, 0.3) is 0 Å². The maximum absolute atomic E-state index is 12.2. The average Bonchev–Trinajstić information content (AvgIpc) is 2.87. The van der Waals surface area contributed by atoms with Gasteiger partial charge < -0.3 is 9.64 Å². The molecule has 1 aliphatic rings. The number of nitrogens with zero attached hydrogens (tertiary/aromatic N) is 2. The van der Waals surface area contributed by atoms with Gasteiger partial charge in [0.05, 0.1) is 27.9 Å². The van der Waals surface area contributed by atoms with Gasteiger partial charge in [-0.1, -0.05) is 12.1 Å². The van der Waals surface area contributed by atoms with Gasteiger partial charge in [0.15, 0.2) is 0 Å². The Morgan fingerprint density at radius 2 is 2.35 bits per heavy atom. The highest BCUT2D eigenvalue weighted by molar-refractivity contribution is 7.18. The van der Waals surface area contributed by atoms with Crippen LogP contribution in [-0.4, -0.2) is 41.6 Å². The van der Waals surface area contributed by atoms with Crippen LogP contribution in [0.4, 0.5) is 0 Å². The van der Waals surface area contributed by atoms with E-state index >= 15 is 0 Å². The summed E-state index contributed by atoms with van der Waals surface area (Å²) in [6, 6.07) is 8.10. The van der Waals surface area contributed by atoms with E-state index in [1.165, 1.54) is 4.70 Å². The highest BCUT2D eigenvalue weighted by Crippen LogP contribution is 2.22. The third-order valence-electron chi connectivity index (χ3n) is 3.48. The van der Waals surface area contributed by atoms with Crippen molar-refractivity contribution >= 4 is 27.5 Å². The molecule has 2 aromatic rings. The van der Waals surface area contributed by atoms with Crippen LogP contribution in [-0.2, 0) is 16.0 Å². The number of ether oxygens (including phenoxy) is 1. The zero-order valence-corrected chi connectivity index (χ0v) is 12.4. The number of aryl methyl sites for hydroxylation is 1. The Morgan fingerprint density at radius 3 is 3.15 bits per heavy atom. The lowest BCUT2D eigenvalue weighted by molar-refractivity contribution is -0.138. The Bertz CT molecular complexity index is 578. The van der Waals surface area contributed by atoms with E-state index < -0.39 is 0 Å². The van der Waals surface area contributed by atoms with Crippen LogP contribution in [0, 0.1) is 0 Å². The number of morpholine rings is 1. The van der Waals surface area contributed by atoms with Crippen LogP contribution in [0.1, 0.15) is 18.4 Å². The first kappa shape index (κ1) is 13.5. The van der Waals surface area contributed by atoms with Crippen molar-refractivity contribution in [3.05, 3.63) is 29.3 Å². The number of carbonyl (C=O) groups is 1. The summed E-state index contributed by atoms with van der Waals surface area (Å²) in [6.45, 7) is 4.07. The lowest BCUT2D eigenvalue weighted by atomic mass is 10.2. The molecule has 0 bridgehead atoms. The third-order valence-corrected chi connectivity index (χ3v) is 4.58. The van der Waals surface area contributed by atoms with Crippen molar-refractivity contribution in [2.45, 2.75) is 25.9 Å². The number of rotatable bonds is 3. The molecule has 1 aromatic heterocycles. The molecule has 0 aliphatic carbocycles. The summed E-state index contributed by atoms with van der Waals surface area (Å²) in [5.41, 5.74) is 1.03. The Balaban J connectivity index is 1.59. The van der Waals surface area contributed by atoms with Crippen LogP contribution in [0.3, 0.4) is 0 Å². The Labute approximate surface area is 122 Å². The molecule has 106 valence electrons. The SMILES string of the molecule is CC1CN(C(=O)CCc2nc3ccccc3s2)CCO1. The molecule has 2 heterocycles. The molecule has 0 spiro atoms. The molecule has 1 fully saturated rings. The Morgan fingerprint density at radius 1 is 1.50 bits per heavy atom. The quantitative estimate of drug-likeness (QED) is 0.872. The first-order chi connectivity index (χ1) is 9.72. The van der Waals surface area contributed by atoms with Crippen molar-refractivity contribution in [3.8, 4) is 0 Å². The van der Waals surface area contributed by atoms with Crippen LogP contribution < -0.4 is 0 Å². The second-order valence-corrected chi connectivity index (χ2v) is 6.21. The number of carbonyl (C=O) groups excluding carboxylic acids is 1. The molecule has 1 amide bonds. The number of hydrogen-bond donors (Lipinski definition) is 0. The number of thiazole rings is 1. The molecular formula is C15H18N2O2S. The second kappa shape index (κ2) is 5.89. The van der Waals surface area contributed by atoms with Crippen LogP contribution in [0.5, 0.6) is 0 Å². The number of amides is 1. The topological polar surface area (TPSA) is 42.4 Å². The van der Waals surface area contributed by atoms with Crippen LogP contribution in [0.15, 0.2) is 24.3 Å². The predicted octanol–water partition coefficient (Wildman–Crippen LogP) is 2.48. The molecule has 1 unspecified atom stereocenters. The number of aromatic nitrogens is 1. The van der Waals surface area contributed by atoms with Crippen molar-refractivity contribution < 1.29 is 9.53 Å². The fourth-order valence-electron chi connectivity index (χ4n) is 2.44. The first-order valence-electron chi connectivity index (χ1n) is 6.96. The van der Waals surface area contributed by atoms with Crippen molar-refractivity contribution in [2.75, 3.05) is 19.7 Å². The summed E-state index contributed by atoms with van der Waals surface area (Å²) in [5, 5.41) is 1.04. The minimum atomic E-state index is 0.148. The van der Waals surface area contributed by atoms with E-state index in [2.05, 4.69) is 11.1 Å². The minimum absolute atomic E-state index is 0.148. The zero-order valence-electron chi connectivity index (χ0n) is 11.5. The number of benzene rings is 1. The van der Waals surface area contributed by atoms with Gasteiger partial charge in [0.2, 0.25) is 5.91 Å². The first-order valence-corrected chi connectivity index (χ1v) is 7.78. The maximum Gasteiger partial charge on any atom is 0.223 e. The summed E-state index contributed by atoms with van der Waals surface area (Å²) in [6.07, 6.45) is 1.41. The monoisotopic (exact) mass is 290 g/mol. The van der Waals surface area contributed by atoms with Crippen LogP contribution in [0.2, 0.25) is 0 Å². The molecule has 4 nitrogen and oxygen atoms in total. The molecule has 0 radical (unpaired) electrons. The Hall–Kier alpha value is -1.46. The molecule has 1 aromatic carbocycles. The fourth-order valence-corrected chi connectivity index (χ4v) is 3.41. The van der Waals surface area contributed by atoms with E-state index in [9.17, 15) is 4.79 Å². The van der Waals surface area contributed by atoms with E-state index in [4.69, 9.17) is 4.74 Å². The fraction of sp³-hybridized carbons (Fsp3) is 0.467. The lowest BCUT2D eigenvalue weighted by Crippen LogP contribution is -2.44. The van der Waals surface area contributed by atoms with Crippen molar-refractivity contribution in [1.29, 1.82) is 0 Å². The van der Waals surface area contributed by atoms with E-state index in [1.807, 2.05) is 30.0 Å². The molecule has 5 heteroatoms. The summed E-state index contributed by atoms with van der Waals surface area (Å²) in [4.78, 5) is 18.7. The second-order valence-electron chi connectivity index (χ2n) is 5.10. The summed E-state index contributed by atoms with van der Waals surface area (Å²) >= 11 is 1.68. The van der Waals surface area contributed by atoms with E-state index in [1.54, 1.807) is 11.3 Å². The highest BCUT2D eigenvalue weighted by Gasteiger charge is 2.21. The van der Waals surface area contributed by atoms with Gasteiger partial charge in [-0.3, -0.25) is 4.79 Å². The normalized spacial score (nSPS) is 19.4. The lowest BCUT2D eigenvalue weighted by Gasteiger charge is -2.31. The third kappa shape index (κ3) is 2.99. The molecule has 0 saturated carbocycles. The minimum Gasteiger partial charge on any atom is -0.375 e. The van der Waals surface area contributed by atoms with Crippen LogP contribution >= 0.6 is 11.3 Å². The molecule has 1 aliphatic heterocycles. The van der Waals surface area contributed by atoms with Gasteiger partial charge in [-0.15, -0.1) is 11.3 Å². The highest BCUT2D eigenvalue weighted by atomic mass is 32.1. The summed E-state index contributed by atoms with van der Waals surface area (Å²) in [5.74, 6) is 0.208. The average molecular weight is 290 g/mol. The van der Waals surface area contributed by atoms with Gasteiger partial charge in [0, 0.05) is 25.9 Å². The van der Waals surface area contributed by atoms with E-state index in [0.29, 0.717) is 26.1 Å². The van der Waals surface area contributed by atoms with E-state index in [-0.39, 0.29) is 12.0 Å². The zero-order chi connectivity index (χ0) is 13.9. The van der Waals surface area contributed by atoms with Crippen molar-refractivity contribution in [2.24, 2.45) is 0 Å². The number of hydrogen-bond acceptors (Lipinski definition) is 4. The Kier molecular flexibility index (Phi) is 3.98. The van der Waals surface area contributed by atoms with Gasteiger partial charge in [-0.25, -0.2) is 4.98 Å². The molecular weight excluding hydrogens is 272 g/mol. The molecule has 3 rings (SSSR count). The van der Waals surface area contributed by atoms with Gasteiger partial charge in [-0.2, -0.15) is 0 Å². The van der Waals surface area contributed by atoms with Gasteiger partial charge in [-0.05, 0) is 19.1 Å². The van der Waals surface area contributed by atoms with E-state index in [0.717, 1.165) is 16.9 Å². The molecule has 20 heavy (non-hydrogen) atoms. The van der Waals surface area contributed by atoms with Crippen molar-refractivity contribution in [1.82, 2.24) is 9.88 Å². The number of para-hydroxylation sites is 1. The van der Waals surface area contributed by atoms with Gasteiger partial charge >= 0.3 is 0 Å². The largest absolute Gasteiger partial charge is 0.375 e. The van der Waals surface area contributed by atoms with Crippen molar-refractivity contribution in [3.63, 3.8) is 0 Å². The standard InChI is InChI=1S/C15H18N2O2S/c1-11-10-17(8-9-19-11)15(18)7-6-14-16-12-4-2-3-5-13(12)20-14/h2-5,11H,6-10H2,1H3. The predicted molar refractivity (Wildman–Crippen MR) is 79.9 cm³/mol. The summed E-state index contributed by atoms with van der Waals surface area (Å²) < 4.78 is 6.65. The smallest absolute Gasteiger partial charge is 0.223 e. The molecule has 1 saturated heterocycles. The number of fused-ring (bicyclic) bond motifs is 1. The molecule has 1 atom stereocenters. The maximum atomic E-state index is 12.2. The summed E-state index contributed by atoms with van der Waals surface area (Å²) in [7, 11) is 0. The van der Waals surface area contributed by atoms with Gasteiger partial charge in [0.1, 0.15) is 0 Å².